The number of carbonyl (C=O) groups is 4. The fraction of sp³-hybridized carbons (Fsp3) is 0.278. The molecule has 10 nitrogen and oxygen atoms in total. The van der Waals surface area contributed by atoms with Crippen LogP contribution < -0.4 is 18.9 Å². The van der Waals surface area contributed by atoms with Crippen molar-refractivity contribution < 1.29 is 47.6 Å². The fourth-order valence-electron chi connectivity index (χ4n) is 4.33. The number of hydrogen-bond acceptors (Lipinski definition) is 10. The first-order valence-corrected chi connectivity index (χ1v) is 14.7. The fourth-order valence-corrected chi connectivity index (χ4v) is 4.33. The Labute approximate surface area is 268 Å². The monoisotopic (exact) mass is 630 g/mol. The molecule has 0 saturated heterocycles. The molecule has 46 heavy (non-hydrogen) atoms. The molecule has 0 aliphatic rings. The van der Waals surface area contributed by atoms with E-state index in [-0.39, 0.29) is 35.9 Å². The molecule has 3 aromatic carbocycles. The number of benzene rings is 3. The molecule has 0 spiro atoms. The Bertz CT molecular complexity index is 1380. The average Bonchev–Trinajstić information content (AvgIpc) is 3.02. The highest BCUT2D eigenvalue weighted by molar-refractivity contribution is 5.92. The second kappa shape index (κ2) is 17.2. The molecular formula is C36H38O10. The third-order valence-corrected chi connectivity index (χ3v) is 6.40. The summed E-state index contributed by atoms with van der Waals surface area (Å²) in [6.07, 6.45) is 2.02. The predicted octanol–water partition coefficient (Wildman–Crippen LogP) is 6.68. The van der Waals surface area contributed by atoms with E-state index in [4.69, 9.17) is 28.4 Å². The summed E-state index contributed by atoms with van der Waals surface area (Å²) in [4.78, 5) is 47.9. The van der Waals surface area contributed by atoms with Gasteiger partial charge in [0, 0.05) is 25.0 Å². The maximum absolute atomic E-state index is 12.6. The van der Waals surface area contributed by atoms with E-state index in [2.05, 4.69) is 13.2 Å². The van der Waals surface area contributed by atoms with Gasteiger partial charge in [-0.2, -0.15) is 0 Å². The van der Waals surface area contributed by atoms with Gasteiger partial charge in [0.15, 0.2) is 0 Å². The molecule has 3 rings (SSSR count). The van der Waals surface area contributed by atoms with E-state index in [1.807, 2.05) is 13.8 Å². The Morgan fingerprint density at radius 1 is 0.522 bits per heavy atom. The normalized spacial score (nSPS) is 13.1. The van der Waals surface area contributed by atoms with Crippen LogP contribution in [0.15, 0.2) is 98.1 Å². The molecule has 0 saturated carbocycles. The van der Waals surface area contributed by atoms with Crippen molar-refractivity contribution in [2.75, 3.05) is 0 Å². The highest BCUT2D eigenvalue weighted by Crippen LogP contribution is 2.22. The highest BCUT2D eigenvalue weighted by atomic mass is 16.6. The molecule has 242 valence electrons. The second-order valence-electron chi connectivity index (χ2n) is 10.5. The first-order valence-electron chi connectivity index (χ1n) is 14.7. The van der Waals surface area contributed by atoms with Crippen molar-refractivity contribution in [2.45, 2.75) is 65.0 Å². The van der Waals surface area contributed by atoms with Crippen LogP contribution in [0, 0.1) is 0 Å². The van der Waals surface area contributed by atoms with Crippen molar-refractivity contribution >= 4 is 23.9 Å². The topological polar surface area (TPSA) is 124 Å². The molecule has 0 bridgehead atoms. The standard InChI is InChI=1S/C36H38O10/c1-7-33(37)43-25(5)21-23(3)41-29-13-9-27(10-14-29)35(39)45-31-17-19-32(20-18-31)46-36(40)28-11-15-30(16-12-28)42-24(4)22-26(6)44-34(38)8-2/h7-20,23-26H,1-2,21-22H2,3-6H3. The van der Waals surface area contributed by atoms with Gasteiger partial charge in [-0.05, 0) is 100 Å². The third kappa shape index (κ3) is 11.6. The molecule has 0 N–H and O–H groups in total. The van der Waals surface area contributed by atoms with Crippen LogP contribution >= 0.6 is 0 Å². The van der Waals surface area contributed by atoms with Crippen LogP contribution in [0.1, 0.15) is 61.3 Å². The van der Waals surface area contributed by atoms with Crippen molar-refractivity contribution in [1.29, 1.82) is 0 Å². The minimum Gasteiger partial charge on any atom is -0.491 e. The average molecular weight is 631 g/mol. The van der Waals surface area contributed by atoms with Gasteiger partial charge in [-0.1, -0.05) is 13.2 Å². The molecule has 0 aliphatic carbocycles. The first-order chi connectivity index (χ1) is 21.9. The van der Waals surface area contributed by atoms with E-state index >= 15 is 0 Å². The summed E-state index contributed by atoms with van der Waals surface area (Å²) in [7, 11) is 0. The minimum atomic E-state index is -0.571. The largest absolute Gasteiger partial charge is 0.491 e. The Morgan fingerprint density at radius 2 is 0.826 bits per heavy atom. The van der Waals surface area contributed by atoms with Crippen LogP contribution in [0.3, 0.4) is 0 Å². The van der Waals surface area contributed by atoms with Gasteiger partial charge < -0.3 is 28.4 Å². The zero-order valence-electron chi connectivity index (χ0n) is 26.3. The molecule has 0 radical (unpaired) electrons. The summed E-state index contributed by atoms with van der Waals surface area (Å²) in [5.74, 6) is -0.485. The van der Waals surface area contributed by atoms with Gasteiger partial charge in [0.2, 0.25) is 0 Å². The van der Waals surface area contributed by atoms with Crippen molar-refractivity contribution in [1.82, 2.24) is 0 Å². The lowest BCUT2D eigenvalue weighted by molar-refractivity contribution is -0.144. The molecule has 4 unspecified atom stereocenters. The summed E-state index contributed by atoms with van der Waals surface area (Å²) in [5, 5.41) is 0. The first kappa shape index (κ1) is 35.1. The summed E-state index contributed by atoms with van der Waals surface area (Å²) in [6.45, 7) is 14.0. The van der Waals surface area contributed by atoms with Crippen molar-refractivity contribution in [3.63, 3.8) is 0 Å². The Kier molecular flexibility index (Phi) is 13.1. The quantitative estimate of drug-likeness (QED) is 0.0962. The zero-order valence-corrected chi connectivity index (χ0v) is 26.3. The molecule has 10 heteroatoms. The number of rotatable bonds is 16. The van der Waals surface area contributed by atoms with Crippen LogP contribution in [0.4, 0.5) is 0 Å². The van der Waals surface area contributed by atoms with E-state index in [0.717, 1.165) is 12.2 Å². The van der Waals surface area contributed by atoms with Crippen molar-refractivity contribution in [2.24, 2.45) is 0 Å². The lowest BCUT2D eigenvalue weighted by atomic mass is 10.2. The van der Waals surface area contributed by atoms with E-state index < -0.39 is 23.9 Å². The number of esters is 4. The van der Waals surface area contributed by atoms with Crippen LogP contribution in [0.25, 0.3) is 0 Å². The van der Waals surface area contributed by atoms with E-state index in [1.54, 1.807) is 62.4 Å². The number of carbonyl (C=O) groups excluding carboxylic acids is 4. The molecule has 0 amide bonds. The van der Waals surface area contributed by atoms with Crippen LogP contribution in [-0.2, 0) is 19.1 Å². The lowest BCUT2D eigenvalue weighted by Crippen LogP contribution is -2.22. The molecular weight excluding hydrogens is 592 g/mol. The maximum atomic E-state index is 12.6. The lowest BCUT2D eigenvalue weighted by Gasteiger charge is -2.19. The second-order valence-corrected chi connectivity index (χ2v) is 10.5. The molecule has 3 aromatic rings. The summed E-state index contributed by atoms with van der Waals surface area (Å²) in [6, 6.07) is 19.0. The van der Waals surface area contributed by atoms with Gasteiger partial charge >= 0.3 is 23.9 Å². The third-order valence-electron chi connectivity index (χ3n) is 6.40. The van der Waals surface area contributed by atoms with Gasteiger partial charge in [0.05, 0.1) is 23.3 Å². The number of ether oxygens (including phenoxy) is 6. The molecule has 0 fully saturated rings. The molecule has 0 aromatic heterocycles. The van der Waals surface area contributed by atoms with Crippen LogP contribution in [0.5, 0.6) is 23.0 Å². The van der Waals surface area contributed by atoms with Crippen molar-refractivity contribution in [3.05, 3.63) is 109 Å². The Hall–Kier alpha value is -5.38. The number of hydrogen-bond donors (Lipinski definition) is 0. The van der Waals surface area contributed by atoms with Gasteiger partial charge in [-0.15, -0.1) is 0 Å². The van der Waals surface area contributed by atoms with Crippen LogP contribution in [0.2, 0.25) is 0 Å². The Balaban J connectivity index is 1.46. The van der Waals surface area contributed by atoms with E-state index in [0.29, 0.717) is 35.5 Å². The smallest absolute Gasteiger partial charge is 0.343 e. The van der Waals surface area contributed by atoms with Crippen molar-refractivity contribution in [3.8, 4) is 23.0 Å². The van der Waals surface area contributed by atoms with E-state index in [1.165, 1.54) is 24.3 Å². The molecule has 0 heterocycles. The molecule has 0 aliphatic heterocycles. The summed E-state index contributed by atoms with van der Waals surface area (Å²) >= 11 is 0. The minimum absolute atomic E-state index is 0.238. The van der Waals surface area contributed by atoms with Gasteiger partial charge in [-0.3, -0.25) is 0 Å². The predicted molar refractivity (Wildman–Crippen MR) is 170 cm³/mol. The zero-order chi connectivity index (χ0) is 33.6. The van der Waals surface area contributed by atoms with Gasteiger partial charge in [-0.25, -0.2) is 19.2 Å². The maximum Gasteiger partial charge on any atom is 0.343 e. The summed E-state index contributed by atoms with van der Waals surface area (Å²) in [5.41, 5.74) is 0.632. The SMILES string of the molecule is C=CC(=O)OC(C)CC(C)Oc1ccc(C(=O)Oc2ccc(OC(=O)c3ccc(OC(C)CC(C)OC(=O)C=C)cc3)cc2)cc1. The molecule has 4 atom stereocenters. The highest BCUT2D eigenvalue weighted by Gasteiger charge is 2.16. The van der Waals surface area contributed by atoms with Gasteiger partial charge in [0.1, 0.15) is 35.2 Å². The summed E-state index contributed by atoms with van der Waals surface area (Å²) < 4.78 is 32.9. The Morgan fingerprint density at radius 3 is 1.13 bits per heavy atom. The van der Waals surface area contributed by atoms with Crippen LogP contribution in [-0.4, -0.2) is 48.3 Å². The van der Waals surface area contributed by atoms with E-state index in [9.17, 15) is 19.2 Å². The van der Waals surface area contributed by atoms with Gasteiger partial charge in [0.25, 0.3) is 0 Å².